The van der Waals surface area contributed by atoms with Gasteiger partial charge in [-0.2, -0.15) is 0 Å². The highest BCUT2D eigenvalue weighted by atomic mass is 16.3. The van der Waals surface area contributed by atoms with Crippen LogP contribution in [0.5, 0.6) is 0 Å². The third kappa shape index (κ3) is 2.49. The Morgan fingerprint density at radius 3 is 2.50 bits per heavy atom. The second-order valence-electron chi connectivity index (χ2n) is 10.0. The van der Waals surface area contributed by atoms with E-state index in [1.807, 2.05) is 0 Å². The molecule has 8 atom stereocenters. The first-order valence-corrected chi connectivity index (χ1v) is 10.6. The Morgan fingerprint density at radius 2 is 1.71 bits per heavy atom. The molecule has 0 spiro atoms. The normalized spacial score (nSPS) is 54.0. The minimum atomic E-state index is -0.0233. The lowest BCUT2D eigenvalue weighted by molar-refractivity contribution is -0.123. The average molecular weight is 335 g/mol. The zero-order chi connectivity index (χ0) is 16.9. The van der Waals surface area contributed by atoms with E-state index in [2.05, 4.69) is 19.2 Å². The molecule has 0 saturated heterocycles. The smallest absolute Gasteiger partial charge is 0.0543 e. The number of nitrogens with one attached hydrogen (secondary N) is 1. The van der Waals surface area contributed by atoms with Crippen LogP contribution in [-0.2, 0) is 0 Å². The van der Waals surface area contributed by atoms with Crippen LogP contribution in [0.25, 0.3) is 0 Å². The molecule has 4 rings (SSSR count). The number of fused-ring (bicyclic) bond motifs is 5. The molecule has 4 N–H and O–H groups in total. The van der Waals surface area contributed by atoms with Crippen LogP contribution in [0.4, 0.5) is 0 Å². The lowest BCUT2D eigenvalue weighted by Crippen LogP contribution is -2.56. The van der Waals surface area contributed by atoms with Crippen molar-refractivity contribution in [3.8, 4) is 0 Å². The number of rotatable bonds is 3. The first kappa shape index (κ1) is 17.3. The zero-order valence-corrected chi connectivity index (χ0v) is 15.8. The van der Waals surface area contributed by atoms with E-state index in [0.29, 0.717) is 16.9 Å². The van der Waals surface area contributed by atoms with Crippen molar-refractivity contribution in [2.24, 2.45) is 40.2 Å². The van der Waals surface area contributed by atoms with Crippen molar-refractivity contribution in [1.82, 2.24) is 5.32 Å². The van der Waals surface area contributed by atoms with Crippen molar-refractivity contribution in [3.05, 3.63) is 0 Å². The first-order chi connectivity index (χ1) is 11.5. The van der Waals surface area contributed by atoms with Gasteiger partial charge in [-0.05, 0) is 92.3 Å². The highest BCUT2D eigenvalue weighted by Crippen LogP contribution is 2.66. The summed E-state index contributed by atoms with van der Waals surface area (Å²) in [6.45, 7) is 6.89. The minimum absolute atomic E-state index is 0.0233. The fourth-order valence-corrected chi connectivity index (χ4v) is 7.83. The van der Waals surface area contributed by atoms with Gasteiger partial charge in [0.15, 0.2) is 0 Å². The topological polar surface area (TPSA) is 58.3 Å². The van der Waals surface area contributed by atoms with E-state index in [1.165, 1.54) is 44.9 Å². The predicted octanol–water partition coefficient (Wildman–Crippen LogP) is 3.31. The zero-order valence-electron chi connectivity index (χ0n) is 15.8. The van der Waals surface area contributed by atoms with Crippen LogP contribution in [0.3, 0.4) is 0 Å². The van der Waals surface area contributed by atoms with Gasteiger partial charge in [-0.3, -0.25) is 0 Å². The molecule has 4 fully saturated rings. The van der Waals surface area contributed by atoms with Crippen molar-refractivity contribution < 1.29 is 5.11 Å². The van der Waals surface area contributed by atoms with E-state index >= 15 is 0 Å². The summed E-state index contributed by atoms with van der Waals surface area (Å²) in [6.07, 6.45) is 11.7. The third-order valence-corrected chi connectivity index (χ3v) is 9.17. The van der Waals surface area contributed by atoms with E-state index in [4.69, 9.17) is 5.73 Å². The van der Waals surface area contributed by atoms with Crippen LogP contribution in [0, 0.1) is 34.5 Å². The number of nitrogens with two attached hydrogens (primary N) is 1. The van der Waals surface area contributed by atoms with Crippen LogP contribution >= 0.6 is 0 Å². The van der Waals surface area contributed by atoms with Crippen molar-refractivity contribution >= 4 is 0 Å². The molecule has 3 nitrogen and oxygen atoms in total. The van der Waals surface area contributed by atoms with Crippen LogP contribution in [0.15, 0.2) is 0 Å². The van der Waals surface area contributed by atoms with E-state index in [1.54, 1.807) is 0 Å². The summed E-state index contributed by atoms with van der Waals surface area (Å²) in [5.41, 5.74) is 6.74. The van der Waals surface area contributed by atoms with Crippen LogP contribution in [0.1, 0.15) is 71.6 Å². The lowest BCUT2D eigenvalue weighted by Gasteiger charge is -2.61. The fourth-order valence-electron chi connectivity index (χ4n) is 7.83. The largest absolute Gasteiger partial charge is 0.393 e. The van der Waals surface area contributed by atoms with Crippen molar-refractivity contribution in [2.45, 2.75) is 83.8 Å². The van der Waals surface area contributed by atoms with Gasteiger partial charge in [0.2, 0.25) is 0 Å². The molecular weight excluding hydrogens is 296 g/mol. The number of aliphatic hydroxyl groups excluding tert-OH is 1. The average Bonchev–Trinajstić information content (AvgIpc) is 2.90. The highest BCUT2D eigenvalue weighted by molar-refractivity contribution is 5.10. The summed E-state index contributed by atoms with van der Waals surface area (Å²) in [5.74, 6) is 3.54. The van der Waals surface area contributed by atoms with E-state index < -0.39 is 0 Å². The highest BCUT2D eigenvalue weighted by Gasteiger charge is 2.59. The quantitative estimate of drug-likeness (QED) is 0.742. The Bertz CT molecular complexity index is 469. The van der Waals surface area contributed by atoms with E-state index in [9.17, 15) is 5.11 Å². The summed E-state index contributed by atoms with van der Waals surface area (Å²) in [6, 6.07) is 0.686. The molecule has 0 aromatic heterocycles. The predicted molar refractivity (Wildman–Crippen MR) is 98.6 cm³/mol. The standard InChI is InChI=1S/C21H38N2O/c1-20-9-7-15(24)13-14(20)3-4-16-17-5-6-19(23-12-11-22)21(17,2)10-8-18(16)20/h14-19,23-24H,3-13,22H2,1-2H3/t14-,15+,16+,17+,18+,19-,20-,21-/m0/s1. The Kier molecular flexibility index (Phi) is 4.50. The molecule has 0 amide bonds. The summed E-state index contributed by atoms with van der Waals surface area (Å²) >= 11 is 0. The summed E-state index contributed by atoms with van der Waals surface area (Å²) < 4.78 is 0. The molecule has 138 valence electrons. The van der Waals surface area contributed by atoms with Crippen molar-refractivity contribution in [1.29, 1.82) is 0 Å². The summed E-state index contributed by atoms with van der Waals surface area (Å²) in [5, 5.41) is 13.9. The molecule has 4 aliphatic carbocycles. The van der Waals surface area contributed by atoms with E-state index in [-0.39, 0.29) is 6.10 Å². The maximum absolute atomic E-state index is 10.1. The monoisotopic (exact) mass is 334 g/mol. The molecule has 4 aliphatic rings. The summed E-state index contributed by atoms with van der Waals surface area (Å²) in [4.78, 5) is 0. The van der Waals surface area contributed by atoms with Gasteiger partial charge < -0.3 is 16.2 Å². The molecule has 0 unspecified atom stereocenters. The van der Waals surface area contributed by atoms with Gasteiger partial charge in [-0.15, -0.1) is 0 Å². The number of hydrogen-bond acceptors (Lipinski definition) is 3. The van der Waals surface area contributed by atoms with Gasteiger partial charge in [-0.25, -0.2) is 0 Å². The third-order valence-electron chi connectivity index (χ3n) is 9.17. The van der Waals surface area contributed by atoms with Gasteiger partial charge in [-0.1, -0.05) is 13.8 Å². The molecule has 4 saturated carbocycles. The SMILES string of the molecule is C[C@]12CC[C@@H](O)C[C@@H]1CC[C@H]1[C@H]2CC[C@]2(C)[C@@H](NCCN)CC[C@H]12. The van der Waals surface area contributed by atoms with Crippen LogP contribution < -0.4 is 11.1 Å². The molecule has 0 radical (unpaired) electrons. The van der Waals surface area contributed by atoms with Gasteiger partial charge >= 0.3 is 0 Å². The molecule has 0 aromatic carbocycles. The second-order valence-corrected chi connectivity index (χ2v) is 10.0. The Hall–Kier alpha value is -0.120. The Balaban J connectivity index is 1.54. The lowest BCUT2D eigenvalue weighted by atomic mass is 9.45. The van der Waals surface area contributed by atoms with Crippen molar-refractivity contribution in [3.63, 3.8) is 0 Å². The van der Waals surface area contributed by atoms with Crippen LogP contribution in [-0.4, -0.2) is 30.3 Å². The molecular formula is C21H38N2O. The maximum Gasteiger partial charge on any atom is 0.0543 e. The van der Waals surface area contributed by atoms with Crippen LogP contribution in [0.2, 0.25) is 0 Å². The first-order valence-electron chi connectivity index (χ1n) is 10.6. The van der Waals surface area contributed by atoms with Gasteiger partial charge in [0.1, 0.15) is 0 Å². The maximum atomic E-state index is 10.1. The molecule has 0 aromatic rings. The van der Waals surface area contributed by atoms with Gasteiger partial charge in [0, 0.05) is 19.1 Å². The van der Waals surface area contributed by atoms with E-state index in [0.717, 1.165) is 49.6 Å². The fraction of sp³-hybridized carbons (Fsp3) is 1.00. The Morgan fingerprint density at radius 1 is 0.958 bits per heavy atom. The van der Waals surface area contributed by atoms with Crippen molar-refractivity contribution in [2.75, 3.05) is 13.1 Å². The second kappa shape index (κ2) is 6.25. The van der Waals surface area contributed by atoms with Gasteiger partial charge in [0.25, 0.3) is 0 Å². The summed E-state index contributed by atoms with van der Waals surface area (Å²) in [7, 11) is 0. The Labute approximate surface area is 148 Å². The number of aliphatic hydroxyl groups is 1. The number of hydrogen-bond donors (Lipinski definition) is 3. The molecule has 24 heavy (non-hydrogen) atoms. The molecule has 3 heteroatoms. The molecule has 0 bridgehead atoms. The molecule has 0 heterocycles. The minimum Gasteiger partial charge on any atom is -0.393 e. The molecule has 0 aliphatic heterocycles. The van der Waals surface area contributed by atoms with Gasteiger partial charge in [0.05, 0.1) is 6.10 Å².